The van der Waals surface area contributed by atoms with E-state index in [1.165, 1.54) is 0 Å². The Morgan fingerprint density at radius 1 is 1.00 bits per heavy atom. The Balaban J connectivity index is 1.40. The minimum absolute atomic E-state index is 0.120. The maximum absolute atomic E-state index is 12.5. The molecule has 146 valence electrons. The molecule has 1 atom stereocenters. The number of hydrogen-bond acceptors (Lipinski definition) is 4. The highest BCUT2D eigenvalue weighted by Gasteiger charge is 2.20. The molecule has 7 nitrogen and oxygen atoms in total. The van der Waals surface area contributed by atoms with Crippen molar-refractivity contribution in [2.75, 3.05) is 11.9 Å². The number of aliphatic hydroxyl groups is 1. The number of carbonyl (C=O) groups excluding carboxylic acids is 2. The molecule has 0 radical (unpaired) electrons. The smallest absolute Gasteiger partial charge is 0.249 e. The van der Waals surface area contributed by atoms with E-state index in [0.29, 0.717) is 5.69 Å². The van der Waals surface area contributed by atoms with Gasteiger partial charge in [-0.3, -0.25) is 14.7 Å². The number of amides is 2. The highest BCUT2D eigenvalue weighted by Crippen LogP contribution is 2.17. The van der Waals surface area contributed by atoms with E-state index >= 15 is 0 Å². The van der Waals surface area contributed by atoms with Gasteiger partial charge in [-0.25, -0.2) is 0 Å². The lowest BCUT2D eigenvalue weighted by atomic mass is 10.0. The van der Waals surface area contributed by atoms with E-state index in [4.69, 9.17) is 0 Å². The second kappa shape index (κ2) is 8.12. The van der Waals surface area contributed by atoms with Crippen LogP contribution in [0, 0.1) is 0 Å². The van der Waals surface area contributed by atoms with Crippen molar-refractivity contribution in [1.82, 2.24) is 15.5 Å². The number of fused-ring (bicyclic) bond motifs is 2. The second-order valence-corrected chi connectivity index (χ2v) is 6.82. The summed E-state index contributed by atoms with van der Waals surface area (Å²) in [5.41, 5.74) is 2.17. The van der Waals surface area contributed by atoms with Crippen LogP contribution in [0.5, 0.6) is 0 Å². The van der Waals surface area contributed by atoms with Gasteiger partial charge in [0, 0.05) is 11.1 Å². The number of rotatable bonds is 6. The number of benzene rings is 3. The molecule has 0 aliphatic carbocycles. The van der Waals surface area contributed by atoms with Crippen LogP contribution in [0.4, 0.5) is 5.69 Å². The summed E-state index contributed by atoms with van der Waals surface area (Å²) in [6.45, 7) is -0.498. The largest absolute Gasteiger partial charge is 0.394 e. The number of nitrogens with zero attached hydrogens (tertiary/aromatic N) is 1. The van der Waals surface area contributed by atoms with Gasteiger partial charge < -0.3 is 15.7 Å². The Morgan fingerprint density at radius 3 is 2.62 bits per heavy atom. The molecule has 4 rings (SSSR count). The Morgan fingerprint density at radius 2 is 1.79 bits per heavy atom. The van der Waals surface area contributed by atoms with Gasteiger partial charge in [-0.15, -0.1) is 0 Å². The number of aliphatic hydroxyl groups excluding tert-OH is 1. The molecule has 0 saturated carbocycles. The Bertz CT molecular complexity index is 1180. The number of H-pyrrole nitrogens is 1. The third kappa shape index (κ3) is 4.25. The Labute approximate surface area is 166 Å². The average molecular weight is 388 g/mol. The first-order valence-corrected chi connectivity index (χ1v) is 9.24. The first kappa shape index (κ1) is 18.6. The third-order valence-electron chi connectivity index (χ3n) is 4.72. The summed E-state index contributed by atoms with van der Waals surface area (Å²) in [6.07, 6.45) is 1.80. The number of nitrogens with one attached hydrogen (secondary N) is 3. The number of hydrogen-bond donors (Lipinski definition) is 4. The molecular weight excluding hydrogens is 368 g/mol. The van der Waals surface area contributed by atoms with Crippen molar-refractivity contribution in [2.45, 2.75) is 12.5 Å². The molecular formula is C22H20N4O3. The molecule has 29 heavy (non-hydrogen) atoms. The highest BCUT2D eigenvalue weighted by molar-refractivity contribution is 5.99. The van der Waals surface area contributed by atoms with Crippen LogP contribution in [-0.2, 0) is 16.0 Å². The Kier molecular flexibility index (Phi) is 5.22. The maximum Gasteiger partial charge on any atom is 0.249 e. The van der Waals surface area contributed by atoms with Crippen LogP contribution in [0.2, 0.25) is 0 Å². The predicted molar refractivity (Wildman–Crippen MR) is 111 cm³/mol. The summed E-state index contributed by atoms with van der Waals surface area (Å²) < 4.78 is 0. The van der Waals surface area contributed by atoms with E-state index in [9.17, 15) is 14.7 Å². The molecule has 4 aromatic rings. The molecule has 0 bridgehead atoms. The van der Waals surface area contributed by atoms with Crippen molar-refractivity contribution < 1.29 is 14.7 Å². The quantitative estimate of drug-likeness (QED) is 0.407. The van der Waals surface area contributed by atoms with Gasteiger partial charge in [-0.2, -0.15) is 5.10 Å². The van der Waals surface area contributed by atoms with Crippen LogP contribution in [0.1, 0.15) is 5.56 Å². The fourth-order valence-electron chi connectivity index (χ4n) is 3.22. The van der Waals surface area contributed by atoms with Crippen molar-refractivity contribution in [3.63, 3.8) is 0 Å². The minimum atomic E-state index is -1.04. The van der Waals surface area contributed by atoms with E-state index in [1.807, 2.05) is 48.5 Å². The van der Waals surface area contributed by atoms with Gasteiger partial charge in [0.2, 0.25) is 11.8 Å². The normalized spacial score (nSPS) is 12.0. The van der Waals surface area contributed by atoms with Crippen LogP contribution < -0.4 is 10.6 Å². The molecule has 0 aliphatic heterocycles. The van der Waals surface area contributed by atoms with E-state index in [-0.39, 0.29) is 12.3 Å². The third-order valence-corrected chi connectivity index (χ3v) is 4.72. The van der Waals surface area contributed by atoms with Crippen molar-refractivity contribution in [3.05, 3.63) is 72.4 Å². The van der Waals surface area contributed by atoms with Gasteiger partial charge in [0.05, 0.1) is 24.7 Å². The number of carbonyl (C=O) groups is 2. The molecule has 1 heterocycles. The van der Waals surface area contributed by atoms with Crippen LogP contribution in [-0.4, -0.2) is 39.8 Å². The van der Waals surface area contributed by atoms with Crippen molar-refractivity contribution >= 4 is 39.2 Å². The lowest BCUT2D eigenvalue weighted by molar-refractivity contribution is -0.126. The SMILES string of the molecule is O=C(Cc1ccc2ccccc2c1)N[C@@H](CO)C(=O)Nc1ccc2cn[nH]c2c1. The molecule has 4 N–H and O–H groups in total. The fraction of sp³-hybridized carbons (Fsp3) is 0.136. The highest BCUT2D eigenvalue weighted by atomic mass is 16.3. The fourth-order valence-corrected chi connectivity index (χ4v) is 3.22. The summed E-state index contributed by atoms with van der Waals surface area (Å²) in [5.74, 6) is -0.822. The van der Waals surface area contributed by atoms with E-state index < -0.39 is 18.6 Å². The topological polar surface area (TPSA) is 107 Å². The summed E-state index contributed by atoms with van der Waals surface area (Å²) >= 11 is 0. The van der Waals surface area contributed by atoms with Gasteiger partial charge >= 0.3 is 0 Å². The summed E-state index contributed by atoms with van der Waals surface area (Å²) in [4.78, 5) is 24.9. The van der Waals surface area contributed by atoms with Crippen molar-refractivity contribution in [3.8, 4) is 0 Å². The molecule has 1 aromatic heterocycles. The minimum Gasteiger partial charge on any atom is -0.394 e. The van der Waals surface area contributed by atoms with Crippen LogP contribution in [0.25, 0.3) is 21.7 Å². The summed E-state index contributed by atoms with van der Waals surface area (Å²) in [7, 11) is 0. The molecule has 0 unspecified atom stereocenters. The zero-order chi connectivity index (χ0) is 20.2. The molecule has 0 spiro atoms. The Hall–Kier alpha value is -3.71. The van der Waals surface area contributed by atoms with E-state index in [2.05, 4.69) is 20.8 Å². The zero-order valence-corrected chi connectivity index (χ0v) is 15.6. The first-order chi connectivity index (χ1) is 14.1. The van der Waals surface area contributed by atoms with Gasteiger partial charge in [0.1, 0.15) is 6.04 Å². The number of aromatic amines is 1. The molecule has 2 amide bonds. The molecule has 0 aliphatic rings. The van der Waals surface area contributed by atoms with Gasteiger partial charge in [0.15, 0.2) is 0 Å². The monoisotopic (exact) mass is 388 g/mol. The summed E-state index contributed by atoms with van der Waals surface area (Å²) in [5, 5.41) is 24.7. The predicted octanol–water partition coefficient (Wildman–Crippen LogP) is 2.37. The standard InChI is InChI=1S/C22H20N4O3/c27-13-20(22(29)24-18-8-7-17-12-23-26-19(17)11-18)25-21(28)10-14-5-6-15-3-1-2-4-16(15)9-14/h1-9,11-12,20,27H,10,13H2,(H,23,26)(H,24,29)(H,25,28)/t20-/m0/s1. The van der Waals surface area contributed by atoms with Crippen LogP contribution in [0.15, 0.2) is 66.9 Å². The second-order valence-electron chi connectivity index (χ2n) is 6.82. The zero-order valence-electron chi connectivity index (χ0n) is 15.6. The summed E-state index contributed by atoms with van der Waals surface area (Å²) in [6, 6.07) is 17.9. The lowest BCUT2D eigenvalue weighted by Gasteiger charge is -2.16. The molecule has 0 saturated heterocycles. The van der Waals surface area contributed by atoms with Crippen LogP contribution >= 0.6 is 0 Å². The van der Waals surface area contributed by atoms with E-state index in [0.717, 1.165) is 27.2 Å². The van der Waals surface area contributed by atoms with E-state index in [1.54, 1.807) is 18.3 Å². The van der Waals surface area contributed by atoms with Crippen molar-refractivity contribution in [2.24, 2.45) is 0 Å². The van der Waals surface area contributed by atoms with Crippen molar-refractivity contribution in [1.29, 1.82) is 0 Å². The number of aromatic nitrogens is 2. The molecule has 7 heteroatoms. The number of anilines is 1. The average Bonchev–Trinajstić information content (AvgIpc) is 3.19. The molecule has 0 fully saturated rings. The van der Waals surface area contributed by atoms with Gasteiger partial charge in [0.25, 0.3) is 0 Å². The first-order valence-electron chi connectivity index (χ1n) is 9.24. The van der Waals surface area contributed by atoms with Crippen LogP contribution in [0.3, 0.4) is 0 Å². The van der Waals surface area contributed by atoms with Gasteiger partial charge in [-0.1, -0.05) is 42.5 Å². The maximum atomic E-state index is 12.5. The molecule has 3 aromatic carbocycles. The lowest BCUT2D eigenvalue weighted by Crippen LogP contribution is -2.46. The van der Waals surface area contributed by atoms with Gasteiger partial charge in [-0.05, 0) is 34.5 Å².